The lowest BCUT2D eigenvalue weighted by atomic mass is 10.1. The minimum absolute atomic E-state index is 0.510. The lowest BCUT2D eigenvalue weighted by Crippen LogP contribution is -2.04. The molecule has 0 atom stereocenters. The third-order valence-corrected chi connectivity index (χ3v) is 2.07. The van der Waals surface area contributed by atoms with E-state index in [-0.39, 0.29) is 0 Å². The van der Waals surface area contributed by atoms with Crippen molar-refractivity contribution in [3.63, 3.8) is 0 Å². The third kappa shape index (κ3) is 2.39. The maximum absolute atomic E-state index is 4.98. The molecule has 1 aromatic heterocycles. The normalized spacial score (nSPS) is 10.5. The molecule has 0 spiro atoms. The van der Waals surface area contributed by atoms with Crippen LogP contribution in [0.4, 0.5) is 0 Å². The zero-order chi connectivity index (χ0) is 10.5. The summed E-state index contributed by atoms with van der Waals surface area (Å²) in [6, 6.07) is 7.95. The maximum Gasteiger partial charge on any atom is 0.0859 e. The number of aromatic nitrogens is 3. The molecule has 15 heavy (non-hydrogen) atoms. The highest BCUT2D eigenvalue weighted by Crippen LogP contribution is 2.08. The Morgan fingerprint density at radius 3 is 2.80 bits per heavy atom. The number of benzene rings is 1. The molecule has 0 radical (unpaired) electrons. The summed E-state index contributed by atoms with van der Waals surface area (Å²) in [5.74, 6) is 4.98. The topological polar surface area (TPSA) is 66.0 Å². The molecule has 5 nitrogen and oxygen atoms in total. The van der Waals surface area contributed by atoms with Crippen molar-refractivity contribution < 1.29 is 4.84 Å². The molecule has 0 fully saturated rings. The van der Waals surface area contributed by atoms with E-state index >= 15 is 0 Å². The van der Waals surface area contributed by atoms with Crippen molar-refractivity contribution in [1.82, 2.24) is 15.0 Å². The largest absolute Gasteiger partial charge is 0.304 e. The Balaban J connectivity index is 2.19. The van der Waals surface area contributed by atoms with E-state index < -0.39 is 0 Å². The lowest BCUT2D eigenvalue weighted by Gasteiger charge is -2.03. The summed E-state index contributed by atoms with van der Waals surface area (Å²) in [6.45, 7) is 0.510. The molecule has 5 heteroatoms. The Kier molecular flexibility index (Phi) is 3.06. The fourth-order valence-electron chi connectivity index (χ4n) is 1.36. The van der Waals surface area contributed by atoms with Gasteiger partial charge in [0.25, 0.3) is 0 Å². The highest BCUT2D eigenvalue weighted by atomic mass is 16.6. The Hall–Kier alpha value is -1.72. The van der Waals surface area contributed by atoms with E-state index in [1.54, 1.807) is 17.2 Å². The van der Waals surface area contributed by atoms with Crippen LogP contribution in [0.15, 0.2) is 36.7 Å². The summed E-state index contributed by atoms with van der Waals surface area (Å²) in [5.41, 5.74) is 2.09. The molecule has 0 amide bonds. The monoisotopic (exact) mass is 204 g/mol. The van der Waals surface area contributed by atoms with Crippen LogP contribution in [-0.4, -0.2) is 21.6 Å². The van der Waals surface area contributed by atoms with E-state index in [2.05, 4.69) is 15.0 Å². The van der Waals surface area contributed by atoms with E-state index in [0.717, 1.165) is 17.7 Å². The second kappa shape index (κ2) is 4.68. The van der Waals surface area contributed by atoms with Crippen LogP contribution in [0.2, 0.25) is 0 Å². The minimum atomic E-state index is 0.510. The highest BCUT2D eigenvalue weighted by molar-refractivity contribution is 5.33. The van der Waals surface area contributed by atoms with Crippen molar-refractivity contribution in [2.75, 3.05) is 6.61 Å². The van der Waals surface area contributed by atoms with Gasteiger partial charge in [0.2, 0.25) is 0 Å². The van der Waals surface area contributed by atoms with Gasteiger partial charge in [0.1, 0.15) is 0 Å². The lowest BCUT2D eigenvalue weighted by molar-refractivity contribution is 0.141. The summed E-state index contributed by atoms with van der Waals surface area (Å²) >= 11 is 0. The first-order valence-corrected chi connectivity index (χ1v) is 4.67. The van der Waals surface area contributed by atoms with E-state index in [1.165, 1.54) is 0 Å². The van der Waals surface area contributed by atoms with Gasteiger partial charge in [-0.15, -0.1) is 0 Å². The van der Waals surface area contributed by atoms with Crippen LogP contribution < -0.4 is 5.90 Å². The van der Waals surface area contributed by atoms with Gasteiger partial charge in [-0.05, 0) is 24.1 Å². The van der Waals surface area contributed by atoms with Crippen LogP contribution in [0.3, 0.4) is 0 Å². The molecule has 2 aromatic rings. The third-order valence-electron chi connectivity index (χ3n) is 2.07. The van der Waals surface area contributed by atoms with Crippen molar-refractivity contribution >= 4 is 0 Å². The summed E-state index contributed by atoms with van der Waals surface area (Å²) in [7, 11) is 0. The SMILES string of the molecule is NOCCc1cccc(-n2nccn2)c1. The van der Waals surface area contributed by atoms with Gasteiger partial charge in [0, 0.05) is 0 Å². The van der Waals surface area contributed by atoms with Crippen molar-refractivity contribution in [2.45, 2.75) is 6.42 Å². The summed E-state index contributed by atoms with van der Waals surface area (Å²) in [6.07, 6.45) is 4.08. The molecule has 0 aliphatic rings. The van der Waals surface area contributed by atoms with Crippen molar-refractivity contribution in [3.05, 3.63) is 42.2 Å². The second-order valence-corrected chi connectivity index (χ2v) is 3.11. The van der Waals surface area contributed by atoms with E-state index in [9.17, 15) is 0 Å². The van der Waals surface area contributed by atoms with Crippen LogP contribution in [0.5, 0.6) is 0 Å². The Labute approximate surface area is 87.4 Å². The smallest absolute Gasteiger partial charge is 0.0859 e. The summed E-state index contributed by atoms with van der Waals surface area (Å²) in [5, 5.41) is 8.11. The van der Waals surface area contributed by atoms with Crippen molar-refractivity contribution in [3.8, 4) is 5.69 Å². The number of hydrogen-bond donors (Lipinski definition) is 1. The number of nitrogens with zero attached hydrogens (tertiary/aromatic N) is 3. The molecule has 78 valence electrons. The average molecular weight is 204 g/mol. The number of hydrogen-bond acceptors (Lipinski definition) is 4. The standard InChI is InChI=1S/C10H12N4O/c11-15-7-4-9-2-1-3-10(8-9)14-12-5-6-13-14/h1-3,5-6,8H,4,7,11H2. The second-order valence-electron chi connectivity index (χ2n) is 3.11. The van der Waals surface area contributed by atoms with Crippen LogP contribution in [0, 0.1) is 0 Å². The molecule has 0 aliphatic carbocycles. The van der Waals surface area contributed by atoms with Crippen molar-refractivity contribution in [2.24, 2.45) is 5.90 Å². The van der Waals surface area contributed by atoms with Gasteiger partial charge in [0.05, 0.1) is 24.7 Å². The Bertz CT molecular complexity index is 413. The van der Waals surface area contributed by atoms with Gasteiger partial charge >= 0.3 is 0 Å². The van der Waals surface area contributed by atoms with E-state index in [4.69, 9.17) is 5.90 Å². The van der Waals surface area contributed by atoms with Crippen LogP contribution >= 0.6 is 0 Å². The van der Waals surface area contributed by atoms with Gasteiger partial charge in [-0.2, -0.15) is 15.0 Å². The highest BCUT2D eigenvalue weighted by Gasteiger charge is 1.99. The summed E-state index contributed by atoms with van der Waals surface area (Å²) in [4.78, 5) is 6.11. The molecule has 1 heterocycles. The molecule has 2 N–H and O–H groups in total. The van der Waals surface area contributed by atoms with Gasteiger partial charge in [0.15, 0.2) is 0 Å². The molecule has 0 aliphatic heterocycles. The fraction of sp³-hybridized carbons (Fsp3) is 0.200. The zero-order valence-corrected chi connectivity index (χ0v) is 8.21. The fourth-order valence-corrected chi connectivity index (χ4v) is 1.36. The minimum Gasteiger partial charge on any atom is -0.304 e. The van der Waals surface area contributed by atoms with Crippen LogP contribution in [0.1, 0.15) is 5.56 Å². The first-order valence-electron chi connectivity index (χ1n) is 4.67. The molecule has 0 bridgehead atoms. The Morgan fingerprint density at radius 2 is 2.07 bits per heavy atom. The van der Waals surface area contributed by atoms with Crippen molar-refractivity contribution in [1.29, 1.82) is 0 Å². The number of nitrogens with two attached hydrogens (primary N) is 1. The zero-order valence-electron chi connectivity index (χ0n) is 8.21. The molecule has 0 saturated carbocycles. The number of rotatable bonds is 4. The molecule has 1 aromatic carbocycles. The molecule has 0 saturated heterocycles. The van der Waals surface area contributed by atoms with Crippen LogP contribution in [-0.2, 0) is 11.3 Å². The van der Waals surface area contributed by atoms with E-state index in [1.807, 2.05) is 24.3 Å². The van der Waals surface area contributed by atoms with Gasteiger partial charge in [-0.25, -0.2) is 5.90 Å². The molecule has 0 unspecified atom stereocenters. The van der Waals surface area contributed by atoms with Crippen LogP contribution in [0.25, 0.3) is 5.69 Å². The Morgan fingerprint density at radius 1 is 1.27 bits per heavy atom. The van der Waals surface area contributed by atoms with Gasteiger partial charge in [-0.3, -0.25) is 0 Å². The molecule has 2 rings (SSSR count). The first kappa shape index (κ1) is 9.82. The average Bonchev–Trinajstić information content (AvgIpc) is 2.80. The van der Waals surface area contributed by atoms with Gasteiger partial charge in [-0.1, -0.05) is 12.1 Å². The first-order chi connectivity index (χ1) is 7.40. The van der Waals surface area contributed by atoms with E-state index in [0.29, 0.717) is 6.61 Å². The summed E-state index contributed by atoms with van der Waals surface area (Å²) < 4.78 is 0. The van der Waals surface area contributed by atoms with Gasteiger partial charge < -0.3 is 4.84 Å². The molecular weight excluding hydrogens is 192 g/mol. The quantitative estimate of drug-likeness (QED) is 0.744. The predicted octanol–water partition coefficient (Wildman–Crippen LogP) is 0.700. The maximum atomic E-state index is 4.98. The molecular formula is C10H12N4O. The predicted molar refractivity (Wildman–Crippen MR) is 55.2 cm³/mol.